The second-order valence-electron chi connectivity index (χ2n) is 6.82. The molecule has 1 heterocycles. The summed E-state index contributed by atoms with van der Waals surface area (Å²) in [5.74, 6) is -58.4. The van der Waals surface area contributed by atoms with Gasteiger partial charge in [0.05, 0.1) is 0 Å². The van der Waals surface area contributed by atoms with Crippen molar-refractivity contribution in [2.45, 2.75) is 60.6 Å². The molecule has 1 aliphatic heterocycles. The summed E-state index contributed by atoms with van der Waals surface area (Å²) in [5, 5.41) is 0. The van der Waals surface area contributed by atoms with Crippen LogP contribution in [0.25, 0.3) is 0 Å². The highest BCUT2D eigenvalue weighted by atomic mass is 19.4. The van der Waals surface area contributed by atoms with E-state index in [1.165, 1.54) is 0 Å². The van der Waals surface area contributed by atoms with E-state index in [2.05, 4.69) is 6.58 Å². The monoisotopic (exact) mass is 529 g/mol. The topological polar surface area (TPSA) is 20.1 Å². The zero-order chi connectivity index (χ0) is 27.0. The number of carbonyl (C=O) groups is 1. The Labute approximate surface area is 171 Å². The molecule has 19 heteroatoms. The number of hydrogen-bond acceptors (Lipinski definition) is 1. The molecule has 0 aromatic heterocycles. The lowest BCUT2D eigenvalue weighted by molar-refractivity contribution is -0.461. The van der Waals surface area contributed by atoms with Gasteiger partial charge in [-0.1, -0.05) is 6.58 Å². The molecule has 2 nitrogen and oxygen atoms in total. The zero-order valence-corrected chi connectivity index (χ0v) is 15.3. The van der Waals surface area contributed by atoms with Crippen LogP contribution in [0.5, 0.6) is 0 Å². The summed E-state index contributed by atoms with van der Waals surface area (Å²) in [6.45, 7) is 2.05. The van der Waals surface area contributed by atoms with Gasteiger partial charge in [0.15, 0.2) is 0 Å². The van der Waals surface area contributed by atoms with E-state index in [1.54, 1.807) is 0 Å². The molecular weight excluding hydrogens is 521 g/mol. The van der Waals surface area contributed by atoms with Crippen molar-refractivity contribution in [3.63, 3.8) is 0 Å². The van der Waals surface area contributed by atoms with Crippen LogP contribution in [0.1, 0.15) is 6.92 Å². The molecule has 0 radical (unpaired) electrons. The summed E-state index contributed by atoms with van der Waals surface area (Å²) in [6.07, 6.45) is -7.80. The first kappa shape index (κ1) is 29.1. The number of halogens is 17. The molecular formula is C14H8F17NO. The van der Waals surface area contributed by atoms with Crippen molar-refractivity contribution in [3.8, 4) is 0 Å². The van der Waals surface area contributed by atoms with Crippen LogP contribution < -0.4 is 0 Å². The molecule has 0 bridgehead atoms. The molecule has 0 saturated carbocycles. The number of rotatable bonds is 8. The predicted octanol–water partition coefficient (Wildman–Crippen LogP) is 5.78. The summed E-state index contributed by atoms with van der Waals surface area (Å²) < 4.78 is 223. The van der Waals surface area contributed by atoms with Crippen LogP contribution in [-0.4, -0.2) is 71.0 Å². The van der Waals surface area contributed by atoms with Crippen LogP contribution >= 0.6 is 0 Å². The fraction of sp³-hybridized carbons (Fsp3) is 0.786. The predicted molar refractivity (Wildman–Crippen MR) is 71.0 cm³/mol. The molecule has 0 aromatic rings. The van der Waals surface area contributed by atoms with Crippen molar-refractivity contribution in [3.05, 3.63) is 12.2 Å². The molecule has 0 aromatic carbocycles. The van der Waals surface area contributed by atoms with Crippen LogP contribution in [0.15, 0.2) is 12.2 Å². The van der Waals surface area contributed by atoms with Gasteiger partial charge in [-0.05, 0) is 6.92 Å². The SMILES string of the molecule is C=C(C)C(=O)N1CC1C(F)(F)C(F)(F)C(F)(F)C(F)(F)C(F)(F)C(F)(F)C(F)(F)C(F)(F)F. The molecule has 1 saturated heterocycles. The van der Waals surface area contributed by atoms with Gasteiger partial charge in [0.1, 0.15) is 6.04 Å². The highest BCUT2D eigenvalue weighted by molar-refractivity contribution is 5.94. The van der Waals surface area contributed by atoms with Crippen molar-refractivity contribution in [1.29, 1.82) is 0 Å². The van der Waals surface area contributed by atoms with E-state index in [9.17, 15) is 79.4 Å². The zero-order valence-electron chi connectivity index (χ0n) is 15.3. The third-order valence-corrected chi connectivity index (χ3v) is 4.40. The Balaban J connectivity index is 3.55. The van der Waals surface area contributed by atoms with Crippen molar-refractivity contribution in [2.24, 2.45) is 0 Å². The molecule has 1 amide bonds. The fourth-order valence-corrected chi connectivity index (χ4v) is 2.30. The third kappa shape index (κ3) is 3.59. The second-order valence-corrected chi connectivity index (χ2v) is 6.82. The first-order valence-corrected chi connectivity index (χ1v) is 7.77. The smallest absolute Gasteiger partial charge is 0.326 e. The maximum Gasteiger partial charge on any atom is 0.460 e. The van der Waals surface area contributed by atoms with Crippen LogP contribution in [-0.2, 0) is 4.79 Å². The van der Waals surface area contributed by atoms with Gasteiger partial charge in [0, 0.05) is 12.1 Å². The summed E-state index contributed by atoms with van der Waals surface area (Å²) >= 11 is 0. The summed E-state index contributed by atoms with van der Waals surface area (Å²) in [4.78, 5) is 10.9. The number of alkyl halides is 17. The Morgan fingerprint density at radius 1 is 0.636 bits per heavy atom. The number of nitrogens with zero attached hydrogens (tertiary/aromatic N) is 1. The first-order chi connectivity index (χ1) is 14.1. The van der Waals surface area contributed by atoms with E-state index in [1.807, 2.05) is 0 Å². The van der Waals surface area contributed by atoms with Gasteiger partial charge in [-0.3, -0.25) is 4.79 Å². The maximum atomic E-state index is 13.8. The molecule has 0 spiro atoms. The lowest BCUT2D eigenvalue weighted by atomic mass is 9.88. The number of carbonyl (C=O) groups excluding carboxylic acids is 1. The van der Waals surface area contributed by atoms with Crippen molar-refractivity contribution in [1.82, 2.24) is 4.90 Å². The maximum absolute atomic E-state index is 13.8. The molecule has 1 rings (SSSR count). The minimum absolute atomic E-state index is 0.394. The minimum Gasteiger partial charge on any atom is -0.326 e. The molecule has 33 heavy (non-hydrogen) atoms. The average Bonchev–Trinajstić information content (AvgIpc) is 3.40. The van der Waals surface area contributed by atoms with Crippen LogP contribution in [0.2, 0.25) is 0 Å². The van der Waals surface area contributed by atoms with E-state index >= 15 is 0 Å². The summed E-state index contributed by atoms with van der Waals surface area (Å²) in [7, 11) is 0. The average molecular weight is 529 g/mol. The Morgan fingerprint density at radius 3 is 1.24 bits per heavy atom. The van der Waals surface area contributed by atoms with Crippen molar-refractivity contribution in [2.75, 3.05) is 6.54 Å². The summed E-state index contributed by atoms with van der Waals surface area (Å²) in [5.41, 5.74) is -0.686. The van der Waals surface area contributed by atoms with Crippen LogP contribution in [0, 0.1) is 0 Å². The summed E-state index contributed by atoms with van der Waals surface area (Å²) in [6, 6.07) is -3.40. The third-order valence-electron chi connectivity index (χ3n) is 4.40. The van der Waals surface area contributed by atoms with Gasteiger partial charge in [0.25, 0.3) is 0 Å². The van der Waals surface area contributed by atoms with Crippen molar-refractivity contribution < 1.29 is 79.4 Å². The van der Waals surface area contributed by atoms with Gasteiger partial charge in [0.2, 0.25) is 5.91 Å². The molecule has 0 aliphatic carbocycles. The van der Waals surface area contributed by atoms with E-state index in [0.717, 1.165) is 6.92 Å². The van der Waals surface area contributed by atoms with E-state index in [4.69, 9.17) is 0 Å². The van der Waals surface area contributed by atoms with Crippen LogP contribution in [0.4, 0.5) is 74.6 Å². The van der Waals surface area contributed by atoms with E-state index in [0.29, 0.717) is 0 Å². The van der Waals surface area contributed by atoms with Crippen LogP contribution in [0.3, 0.4) is 0 Å². The highest BCUT2D eigenvalue weighted by Crippen LogP contribution is 2.64. The van der Waals surface area contributed by atoms with E-state index in [-0.39, 0.29) is 0 Å². The second kappa shape index (κ2) is 7.26. The van der Waals surface area contributed by atoms with Gasteiger partial charge in [-0.15, -0.1) is 0 Å². The minimum atomic E-state index is -8.67. The molecule has 1 unspecified atom stereocenters. The standard InChI is InChI=1S/C14H8F17NO/c1-4(2)6(33)32-3-5(32)7(15,16)8(17,18)9(19,20)10(21,22)11(23,24)12(25,26)13(27,28)14(29,30)31/h5H,1,3H2,2H3. The Morgan fingerprint density at radius 2 is 0.939 bits per heavy atom. The molecule has 194 valence electrons. The lowest BCUT2D eigenvalue weighted by Crippen LogP contribution is -2.75. The molecule has 1 atom stereocenters. The number of hydrogen-bond donors (Lipinski definition) is 0. The van der Waals surface area contributed by atoms with Gasteiger partial charge >= 0.3 is 47.6 Å². The van der Waals surface area contributed by atoms with Gasteiger partial charge < -0.3 is 4.90 Å². The molecule has 1 aliphatic rings. The Kier molecular flexibility index (Phi) is 6.39. The Hall–Kier alpha value is -1.98. The normalized spacial score (nSPS) is 19.6. The Bertz CT molecular complexity index is 811. The van der Waals surface area contributed by atoms with Crippen molar-refractivity contribution >= 4 is 5.91 Å². The largest absolute Gasteiger partial charge is 0.460 e. The van der Waals surface area contributed by atoms with Gasteiger partial charge in [-0.2, -0.15) is 74.6 Å². The van der Waals surface area contributed by atoms with Gasteiger partial charge in [-0.25, -0.2) is 0 Å². The molecule has 1 fully saturated rings. The number of amides is 1. The quantitative estimate of drug-likeness (QED) is 0.222. The van der Waals surface area contributed by atoms with E-state index < -0.39 is 76.6 Å². The lowest BCUT2D eigenvalue weighted by Gasteiger charge is -2.42. The molecule has 0 N–H and O–H groups in total. The first-order valence-electron chi connectivity index (χ1n) is 7.77. The highest BCUT2D eigenvalue weighted by Gasteiger charge is 2.96. The fourth-order valence-electron chi connectivity index (χ4n) is 2.30.